The van der Waals surface area contributed by atoms with Gasteiger partial charge in [-0.05, 0) is 48.7 Å². The summed E-state index contributed by atoms with van der Waals surface area (Å²) in [6.07, 6.45) is 3.98. The second-order valence-electron chi connectivity index (χ2n) is 8.54. The Morgan fingerprint density at radius 1 is 1.09 bits per heavy atom. The largest absolute Gasteiger partial charge is 0.388 e. The number of fused-ring (bicyclic) bond motifs is 1. The van der Waals surface area contributed by atoms with E-state index in [4.69, 9.17) is 11.6 Å². The minimum atomic E-state index is -0.997. The van der Waals surface area contributed by atoms with E-state index in [1.54, 1.807) is 12.1 Å². The van der Waals surface area contributed by atoms with Gasteiger partial charge in [-0.25, -0.2) is 14.1 Å². The molecular weight excluding hydrogens is 445 g/mol. The second kappa shape index (κ2) is 8.70. The zero-order chi connectivity index (χ0) is 23.0. The molecule has 1 fully saturated rings. The van der Waals surface area contributed by atoms with Crippen LogP contribution in [0.3, 0.4) is 0 Å². The zero-order valence-corrected chi connectivity index (χ0v) is 18.6. The summed E-state index contributed by atoms with van der Waals surface area (Å²) in [5.41, 5.74) is 0.808. The maximum absolute atomic E-state index is 13.2. The number of piperidine rings is 1. The quantitative estimate of drug-likeness (QED) is 0.487. The number of halogens is 2. The average molecular weight is 468 g/mol. The topological polar surface area (TPSA) is 76.2 Å². The molecule has 5 rings (SSSR count). The van der Waals surface area contributed by atoms with Crippen LogP contribution in [0.5, 0.6) is 0 Å². The van der Waals surface area contributed by atoms with Gasteiger partial charge in [0.05, 0.1) is 24.0 Å². The Kier molecular flexibility index (Phi) is 5.74. The van der Waals surface area contributed by atoms with Gasteiger partial charge in [-0.15, -0.1) is 0 Å². The molecular formula is C24H23ClFN5O2. The maximum atomic E-state index is 13.2. The van der Waals surface area contributed by atoms with Crippen LogP contribution < -0.4 is 5.56 Å². The smallest absolute Gasteiger partial charge is 0.264 e. The van der Waals surface area contributed by atoms with Crippen molar-refractivity contribution in [1.29, 1.82) is 0 Å². The van der Waals surface area contributed by atoms with Crippen molar-refractivity contribution >= 4 is 22.6 Å². The van der Waals surface area contributed by atoms with E-state index in [0.29, 0.717) is 42.7 Å². The van der Waals surface area contributed by atoms with Crippen LogP contribution in [-0.4, -0.2) is 48.0 Å². The van der Waals surface area contributed by atoms with Crippen LogP contribution in [-0.2, 0) is 13.1 Å². The molecule has 2 aromatic carbocycles. The molecule has 0 unspecified atom stereocenters. The molecule has 0 atom stereocenters. The Hall–Kier alpha value is -3.07. The molecule has 1 aliphatic rings. The third-order valence-corrected chi connectivity index (χ3v) is 6.60. The lowest BCUT2D eigenvalue weighted by Gasteiger charge is -2.38. The summed E-state index contributed by atoms with van der Waals surface area (Å²) in [6, 6.07) is 13.6. The first kappa shape index (κ1) is 21.8. The van der Waals surface area contributed by atoms with E-state index in [1.807, 2.05) is 24.3 Å². The first-order valence-corrected chi connectivity index (χ1v) is 11.2. The molecule has 170 valence electrons. The number of likely N-dealkylation sites (tertiary alicyclic amines) is 1. The van der Waals surface area contributed by atoms with Crippen molar-refractivity contribution in [3.63, 3.8) is 0 Å². The predicted molar refractivity (Wildman–Crippen MR) is 124 cm³/mol. The summed E-state index contributed by atoms with van der Waals surface area (Å²) >= 11 is 6.28. The molecule has 1 saturated heterocycles. The van der Waals surface area contributed by atoms with E-state index >= 15 is 0 Å². The average Bonchev–Trinajstić information content (AvgIpc) is 3.24. The summed E-state index contributed by atoms with van der Waals surface area (Å²) in [6.45, 7) is 2.30. The monoisotopic (exact) mass is 467 g/mol. The van der Waals surface area contributed by atoms with Crippen molar-refractivity contribution in [2.45, 2.75) is 31.5 Å². The van der Waals surface area contributed by atoms with Gasteiger partial charge in [-0.2, -0.15) is 5.10 Å². The highest BCUT2D eigenvalue weighted by Crippen LogP contribution is 2.26. The van der Waals surface area contributed by atoms with Gasteiger partial charge in [0.15, 0.2) is 5.65 Å². The molecule has 0 saturated carbocycles. The van der Waals surface area contributed by atoms with Crippen LogP contribution >= 0.6 is 11.6 Å². The minimum Gasteiger partial charge on any atom is -0.388 e. The Balaban J connectivity index is 1.31. The van der Waals surface area contributed by atoms with Crippen LogP contribution in [0.4, 0.5) is 4.39 Å². The number of hydrogen-bond acceptors (Lipinski definition) is 5. The van der Waals surface area contributed by atoms with Gasteiger partial charge in [-0.3, -0.25) is 14.3 Å². The molecule has 0 amide bonds. The first-order chi connectivity index (χ1) is 15.9. The van der Waals surface area contributed by atoms with Crippen molar-refractivity contribution in [1.82, 2.24) is 24.2 Å². The van der Waals surface area contributed by atoms with E-state index in [1.165, 1.54) is 33.9 Å². The molecule has 0 radical (unpaired) electrons. The van der Waals surface area contributed by atoms with Gasteiger partial charge < -0.3 is 5.11 Å². The maximum Gasteiger partial charge on any atom is 0.264 e. The molecule has 0 aliphatic carbocycles. The number of rotatable bonds is 5. The third-order valence-electron chi connectivity index (χ3n) is 6.23. The van der Waals surface area contributed by atoms with Crippen molar-refractivity contribution < 1.29 is 9.50 Å². The van der Waals surface area contributed by atoms with Crippen LogP contribution in [0.1, 0.15) is 18.4 Å². The number of nitrogens with zero attached hydrogens (tertiary/aromatic N) is 5. The zero-order valence-electron chi connectivity index (χ0n) is 17.9. The second-order valence-corrected chi connectivity index (χ2v) is 8.95. The summed E-state index contributed by atoms with van der Waals surface area (Å²) in [5, 5.41) is 16.5. The Bertz CT molecular complexity index is 1340. The lowest BCUT2D eigenvalue weighted by molar-refractivity contribution is -0.0364. The molecule has 1 aliphatic heterocycles. The number of benzene rings is 2. The summed E-state index contributed by atoms with van der Waals surface area (Å²) < 4.78 is 16.2. The lowest BCUT2D eigenvalue weighted by Crippen LogP contribution is -2.47. The molecule has 0 bridgehead atoms. The minimum absolute atomic E-state index is 0.163. The molecule has 0 spiro atoms. The van der Waals surface area contributed by atoms with E-state index in [0.717, 1.165) is 17.1 Å². The van der Waals surface area contributed by atoms with Crippen molar-refractivity contribution in [2.24, 2.45) is 0 Å². The number of aromatic nitrogens is 4. The Labute approximate surface area is 194 Å². The van der Waals surface area contributed by atoms with E-state index in [9.17, 15) is 14.3 Å². The fraction of sp³-hybridized carbons (Fsp3) is 0.292. The highest BCUT2D eigenvalue weighted by molar-refractivity contribution is 6.31. The van der Waals surface area contributed by atoms with Gasteiger partial charge in [-0.1, -0.05) is 29.8 Å². The van der Waals surface area contributed by atoms with Gasteiger partial charge in [0.1, 0.15) is 17.5 Å². The predicted octanol–water partition coefficient (Wildman–Crippen LogP) is 3.40. The number of hydrogen-bond donors (Lipinski definition) is 1. The van der Waals surface area contributed by atoms with Gasteiger partial charge in [0.25, 0.3) is 5.56 Å². The standard InChI is InChI=1S/C24H23ClFN5O2/c25-21-4-2-1-3-17(21)14-29-11-9-24(33,10-12-29)15-30-16-27-22-20(23(30)32)13-28-31(22)19-7-5-18(26)6-8-19/h1-8,13,16,33H,9-12,14-15H2. The van der Waals surface area contributed by atoms with Crippen molar-refractivity contribution in [3.05, 3.63) is 87.8 Å². The fourth-order valence-electron chi connectivity index (χ4n) is 4.30. The highest BCUT2D eigenvalue weighted by atomic mass is 35.5. The molecule has 1 N–H and O–H groups in total. The van der Waals surface area contributed by atoms with Gasteiger partial charge in [0.2, 0.25) is 0 Å². The summed E-state index contributed by atoms with van der Waals surface area (Å²) in [5.74, 6) is -0.350. The Morgan fingerprint density at radius 2 is 1.82 bits per heavy atom. The molecule has 4 aromatic rings. The van der Waals surface area contributed by atoms with Gasteiger partial charge >= 0.3 is 0 Å². The SMILES string of the molecule is O=c1c2cnn(-c3ccc(F)cc3)c2ncn1CC1(O)CCN(Cc2ccccc2Cl)CC1. The first-order valence-electron chi connectivity index (χ1n) is 10.8. The van der Waals surface area contributed by atoms with Gasteiger partial charge in [0, 0.05) is 24.7 Å². The molecule has 33 heavy (non-hydrogen) atoms. The van der Waals surface area contributed by atoms with E-state index in [-0.39, 0.29) is 17.9 Å². The highest BCUT2D eigenvalue weighted by Gasteiger charge is 2.33. The molecule has 3 heterocycles. The van der Waals surface area contributed by atoms with Crippen LogP contribution in [0.15, 0.2) is 65.8 Å². The van der Waals surface area contributed by atoms with Crippen molar-refractivity contribution in [3.8, 4) is 5.69 Å². The van der Waals surface area contributed by atoms with Crippen LogP contribution in [0, 0.1) is 5.82 Å². The lowest BCUT2D eigenvalue weighted by atomic mass is 9.91. The van der Waals surface area contributed by atoms with Crippen molar-refractivity contribution in [2.75, 3.05) is 13.1 Å². The van der Waals surface area contributed by atoms with Crippen LogP contribution in [0.25, 0.3) is 16.7 Å². The normalized spacial score (nSPS) is 16.3. The fourth-order valence-corrected chi connectivity index (χ4v) is 4.50. The molecule has 9 heteroatoms. The third kappa shape index (κ3) is 4.42. The summed E-state index contributed by atoms with van der Waals surface area (Å²) in [4.78, 5) is 19.7. The Morgan fingerprint density at radius 3 is 2.55 bits per heavy atom. The molecule has 7 nitrogen and oxygen atoms in total. The van der Waals surface area contributed by atoms with E-state index < -0.39 is 5.60 Å². The molecule has 2 aromatic heterocycles. The summed E-state index contributed by atoms with van der Waals surface area (Å²) in [7, 11) is 0. The van der Waals surface area contributed by atoms with E-state index in [2.05, 4.69) is 15.0 Å². The number of aliphatic hydroxyl groups is 1. The van der Waals surface area contributed by atoms with Crippen LogP contribution in [0.2, 0.25) is 5.02 Å².